The van der Waals surface area contributed by atoms with Crippen molar-refractivity contribution in [3.63, 3.8) is 0 Å². The van der Waals surface area contributed by atoms with Gasteiger partial charge in [-0.3, -0.25) is 29.4 Å². The molecule has 0 aromatic heterocycles. The molecule has 2 saturated heterocycles. The van der Waals surface area contributed by atoms with Gasteiger partial charge in [-0.2, -0.15) is 0 Å². The van der Waals surface area contributed by atoms with Gasteiger partial charge in [0.15, 0.2) is 0 Å². The molecule has 3 aliphatic rings. The smallest absolute Gasteiger partial charge is 0.255 e. The van der Waals surface area contributed by atoms with Crippen LogP contribution in [0.3, 0.4) is 0 Å². The summed E-state index contributed by atoms with van der Waals surface area (Å²) in [5.74, 6) is -0.850. The van der Waals surface area contributed by atoms with Gasteiger partial charge in [0, 0.05) is 49.7 Å². The summed E-state index contributed by atoms with van der Waals surface area (Å²) in [4.78, 5) is 55.5. The number of nitrogens with one attached hydrogen (secondary N) is 1. The van der Waals surface area contributed by atoms with Crippen molar-refractivity contribution < 1.29 is 19.2 Å². The van der Waals surface area contributed by atoms with Crippen LogP contribution in [0.5, 0.6) is 0 Å². The van der Waals surface area contributed by atoms with Gasteiger partial charge in [-0.15, -0.1) is 0 Å². The molecule has 2 fully saturated rings. The maximum absolute atomic E-state index is 13.1. The monoisotopic (exact) mass is 556 g/mol. The zero-order chi connectivity index (χ0) is 27.8. The molecule has 9 heteroatoms. The highest BCUT2D eigenvalue weighted by atomic mass is 35.5. The Bertz CT molecular complexity index is 1510. The number of imide groups is 1. The minimum atomic E-state index is -0.638. The first-order valence-electron chi connectivity index (χ1n) is 13.5. The van der Waals surface area contributed by atoms with Gasteiger partial charge in [-0.1, -0.05) is 60.1 Å². The Balaban J connectivity index is 1.09. The van der Waals surface area contributed by atoms with Crippen LogP contribution in [0.15, 0.2) is 66.7 Å². The summed E-state index contributed by atoms with van der Waals surface area (Å²) in [6, 6.07) is 21.0. The molecule has 3 heterocycles. The first-order chi connectivity index (χ1) is 19.4. The second-order valence-corrected chi connectivity index (χ2v) is 11.0. The summed E-state index contributed by atoms with van der Waals surface area (Å²) in [5, 5.41) is 3.03. The van der Waals surface area contributed by atoms with E-state index < -0.39 is 11.9 Å². The van der Waals surface area contributed by atoms with Crippen molar-refractivity contribution in [3.8, 4) is 11.1 Å². The summed E-state index contributed by atoms with van der Waals surface area (Å²) >= 11 is 6.07. The minimum absolute atomic E-state index is 0.0666. The van der Waals surface area contributed by atoms with E-state index in [1.54, 1.807) is 11.0 Å². The van der Waals surface area contributed by atoms with Crippen LogP contribution < -0.4 is 5.32 Å². The lowest BCUT2D eigenvalue weighted by Gasteiger charge is -2.34. The number of nitrogens with zero attached hydrogens (tertiary/aromatic N) is 3. The number of carbonyl (C=O) groups excluding carboxylic acids is 4. The molecule has 0 spiro atoms. The van der Waals surface area contributed by atoms with Crippen LogP contribution in [0.1, 0.15) is 39.9 Å². The predicted molar refractivity (Wildman–Crippen MR) is 150 cm³/mol. The predicted octanol–water partition coefficient (Wildman–Crippen LogP) is 3.61. The SMILES string of the molecule is O=C1CCC(N2Cc3cc(CN4CCN(Cc5ccccc5-c5ccc(Cl)cc5)CC4=O)ccc3C2=O)C(=O)N1. The molecule has 0 saturated carbocycles. The molecule has 3 aliphatic heterocycles. The molecular weight excluding hydrogens is 528 g/mol. The molecule has 3 aromatic carbocycles. The largest absolute Gasteiger partial charge is 0.336 e. The number of halogens is 1. The minimum Gasteiger partial charge on any atom is -0.336 e. The number of piperidine rings is 1. The molecule has 0 aliphatic carbocycles. The molecule has 40 heavy (non-hydrogen) atoms. The van der Waals surface area contributed by atoms with E-state index in [1.165, 1.54) is 0 Å². The van der Waals surface area contributed by atoms with Crippen LogP contribution >= 0.6 is 11.6 Å². The molecule has 1 unspecified atom stereocenters. The van der Waals surface area contributed by atoms with Crippen LogP contribution in [-0.4, -0.2) is 64.0 Å². The van der Waals surface area contributed by atoms with Crippen LogP contribution in [0.25, 0.3) is 11.1 Å². The number of hydrogen-bond acceptors (Lipinski definition) is 5. The number of piperazine rings is 1. The van der Waals surface area contributed by atoms with Gasteiger partial charge in [-0.05, 0) is 52.4 Å². The van der Waals surface area contributed by atoms with E-state index >= 15 is 0 Å². The summed E-state index contributed by atoms with van der Waals surface area (Å²) in [7, 11) is 0. The van der Waals surface area contributed by atoms with Crippen LogP contribution in [0.2, 0.25) is 5.02 Å². The van der Waals surface area contributed by atoms with Gasteiger partial charge in [-0.25, -0.2) is 0 Å². The molecule has 3 aromatic rings. The molecule has 4 amide bonds. The average Bonchev–Trinajstić information content (AvgIpc) is 3.26. The lowest BCUT2D eigenvalue weighted by Crippen LogP contribution is -2.52. The van der Waals surface area contributed by atoms with E-state index in [-0.39, 0.29) is 24.1 Å². The highest BCUT2D eigenvalue weighted by Gasteiger charge is 2.39. The number of fused-ring (bicyclic) bond motifs is 1. The molecule has 0 radical (unpaired) electrons. The fraction of sp³-hybridized carbons (Fsp3) is 0.290. The lowest BCUT2D eigenvalue weighted by molar-refractivity contribution is -0.138. The highest BCUT2D eigenvalue weighted by molar-refractivity contribution is 6.30. The zero-order valence-electron chi connectivity index (χ0n) is 21.9. The van der Waals surface area contributed by atoms with E-state index in [9.17, 15) is 19.2 Å². The van der Waals surface area contributed by atoms with Gasteiger partial charge >= 0.3 is 0 Å². The second kappa shape index (κ2) is 10.9. The average molecular weight is 557 g/mol. The summed E-state index contributed by atoms with van der Waals surface area (Å²) in [5.41, 5.74) is 5.76. The van der Waals surface area contributed by atoms with Gasteiger partial charge in [0.1, 0.15) is 6.04 Å². The maximum Gasteiger partial charge on any atom is 0.255 e. The molecular formula is C31H29ClN4O4. The molecule has 8 nitrogen and oxygen atoms in total. The van der Waals surface area contributed by atoms with Crippen molar-refractivity contribution in [2.24, 2.45) is 0 Å². The Morgan fingerprint density at radius 1 is 0.850 bits per heavy atom. The maximum atomic E-state index is 13.1. The number of hydrogen-bond donors (Lipinski definition) is 1. The third kappa shape index (κ3) is 5.24. The summed E-state index contributed by atoms with van der Waals surface area (Å²) in [6.45, 7) is 3.17. The van der Waals surface area contributed by atoms with E-state index in [0.717, 1.165) is 34.4 Å². The van der Waals surface area contributed by atoms with Crippen molar-refractivity contribution >= 4 is 35.2 Å². The Labute approximate surface area is 237 Å². The zero-order valence-corrected chi connectivity index (χ0v) is 22.7. The number of rotatable bonds is 6. The molecule has 1 N–H and O–H groups in total. The number of carbonyl (C=O) groups is 4. The number of benzene rings is 3. The van der Waals surface area contributed by atoms with Crippen LogP contribution in [-0.2, 0) is 34.0 Å². The van der Waals surface area contributed by atoms with Crippen molar-refractivity contribution in [1.29, 1.82) is 0 Å². The van der Waals surface area contributed by atoms with E-state index in [2.05, 4.69) is 22.3 Å². The van der Waals surface area contributed by atoms with E-state index in [1.807, 2.05) is 53.4 Å². The Morgan fingerprint density at radius 3 is 2.42 bits per heavy atom. The van der Waals surface area contributed by atoms with E-state index in [4.69, 9.17) is 11.6 Å². The second-order valence-electron chi connectivity index (χ2n) is 10.6. The van der Waals surface area contributed by atoms with Crippen molar-refractivity contribution in [2.75, 3.05) is 19.6 Å². The van der Waals surface area contributed by atoms with Gasteiger partial charge < -0.3 is 9.80 Å². The highest BCUT2D eigenvalue weighted by Crippen LogP contribution is 2.29. The van der Waals surface area contributed by atoms with Gasteiger partial charge in [0.2, 0.25) is 17.7 Å². The Hall–Kier alpha value is -4.01. The Kier molecular flexibility index (Phi) is 7.12. The quantitative estimate of drug-likeness (QED) is 0.469. The normalized spacial score (nSPS) is 19.7. The molecule has 1 atom stereocenters. The fourth-order valence-electron chi connectivity index (χ4n) is 5.82. The standard InChI is InChI=1S/C31H29ClN4O4/c32-24-8-6-21(7-9-24)25-4-2-1-3-22(25)17-34-13-14-35(29(38)19-34)16-20-5-10-26-23(15-20)18-36(31(26)40)27-11-12-28(37)33-30(27)39/h1-10,15,27H,11-14,16-19H2,(H,33,37,39). The first-order valence-corrected chi connectivity index (χ1v) is 13.8. The summed E-state index contributed by atoms with van der Waals surface area (Å²) in [6.07, 6.45) is 0.558. The van der Waals surface area contributed by atoms with Crippen LogP contribution in [0, 0.1) is 0 Å². The van der Waals surface area contributed by atoms with Crippen molar-refractivity contribution in [3.05, 3.63) is 94.0 Å². The van der Waals surface area contributed by atoms with E-state index in [0.29, 0.717) is 49.7 Å². The summed E-state index contributed by atoms with van der Waals surface area (Å²) < 4.78 is 0. The fourth-order valence-corrected chi connectivity index (χ4v) is 5.94. The van der Waals surface area contributed by atoms with Crippen LogP contribution in [0.4, 0.5) is 0 Å². The Morgan fingerprint density at radius 2 is 1.65 bits per heavy atom. The topological polar surface area (TPSA) is 90.0 Å². The lowest BCUT2D eigenvalue weighted by atomic mass is 9.99. The molecule has 0 bridgehead atoms. The number of amides is 4. The third-order valence-electron chi connectivity index (χ3n) is 7.93. The first kappa shape index (κ1) is 26.2. The molecule has 6 rings (SSSR count). The van der Waals surface area contributed by atoms with Gasteiger partial charge in [0.05, 0.1) is 6.54 Å². The molecule has 204 valence electrons. The van der Waals surface area contributed by atoms with Gasteiger partial charge in [0.25, 0.3) is 5.91 Å². The van der Waals surface area contributed by atoms with Crippen molar-refractivity contribution in [1.82, 2.24) is 20.0 Å². The van der Waals surface area contributed by atoms with Crippen molar-refractivity contribution in [2.45, 2.75) is 38.5 Å². The third-order valence-corrected chi connectivity index (χ3v) is 8.18.